The highest BCUT2D eigenvalue weighted by atomic mass is 32.2. The van der Waals surface area contributed by atoms with Gasteiger partial charge >= 0.3 is 6.09 Å². The van der Waals surface area contributed by atoms with Gasteiger partial charge in [-0.15, -0.1) is 0 Å². The molecule has 0 aromatic rings. The van der Waals surface area contributed by atoms with Crippen LogP contribution in [0.5, 0.6) is 0 Å². The lowest BCUT2D eigenvalue weighted by atomic mass is 11.2. The first-order chi connectivity index (χ1) is 3.68. The van der Waals surface area contributed by atoms with E-state index in [0.717, 1.165) is 0 Å². The van der Waals surface area contributed by atoms with E-state index >= 15 is 0 Å². The number of ether oxygens (including phenoxy) is 1. The van der Waals surface area contributed by atoms with Crippen LogP contribution in [-0.2, 0) is 4.74 Å². The van der Waals surface area contributed by atoms with Crippen LogP contribution in [0.4, 0.5) is 4.79 Å². The normalized spacial score (nSPS) is 7.12. The van der Waals surface area contributed by atoms with Crippen molar-refractivity contribution in [3.05, 3.63) is 0 Å². The van der Waals surface area contributed by atoms with Crippen LogP contribution < -0.4 is 0 Å². The van der Waals surface area contributed by atoms with E-state index in [-0.39, 0.29) is 0 Å². The second-order valence-electron chi connectivity index (χ2n) is 0.775. The number of amides is 1. The highest BCUT2D eigenvalue weighted by molar-refractivity contribution is 7.94. The van der Waals surface area contributed by atoms with Crippen LogP contribution in [0, 0.1) is 12.5 Å². The predicted molar refractivity (Wildman–Crippen MR) is 35.1 cm³/mol. The van der Waals surface area contributed by atoms with E-state index in [1.165, 1.54) is 0 Å². The van der Waals surface area contributed by atoms with Crippen molar-refractivity contribution in [3.8, 4) is 12.5 Å². The fourth-order valence-corrected chi connectivity index (χ4v) is 0.173. The lowest BCUT2D eigenvalue weighted by Crippen LogP contribution is -2.09. The van der Waals surface area contributed by atoms with Crippen molar-refractivity contribution in [2.24, 2.45) is 0 Å². The minimum absolute atomic E-state index is 0.639. The molecule has 0 bridgehead atoms. The molecule has 0 rings (SSSR count). The van der Waals surface area contributed by atoms with Crippen molar-refractivity contribution in [2.45, 2.75) is 0 Å². The Morgan fingerprint density at radius 3 is 2.38 bits per heavy atom. The first-order valence-electron chi connectivity index (χ1n) is 1.52. The third-order valence-electron chi connectivity index (χ3n) is 0.310. The van der Waals surface area contributed by atoms with Crippen LogP contribution in [0.25, 0.3) is 0 Å². The average molecular weight is 149 g/mol. The summed E-state index contributed by atoms with van der Waals surface area (Å²) in [5.74, 6) is 0. The highest BCUT2D eigenvalue weighted by Crippen LogP contribution is 1.98. The van der Waals surface area contributed by atoms with Gasteiger partial charge in [0.05, 0.1) is 0 Å². The summed E-state index contributed by atoms with van der Waals surface area (Å²) in [5, 5.41) is 0. The number of thiol groups is 2. The van der Waals surface area contributed by atoms with Crippen LogP contribution in [0.1, 0.15) is 0 Å². The Balaban J connectivity index is 3.53. The Labute approximate surface area is 58.1 Å². The summed E-state index contributed by atoms with van der Waals surface area (Å²) in [7, 11) is 0. The second-order valence-corrected chi connectivity index (χ2v) is 1.89. The molecule has 8 heavy (non-hydrogen) atoms. The Morgan fingerprint density at radius 2 is 2.25 bits per heavy atom. The molecule has 0 spiro atoms. The van der Waals surface area contributed by atoms with E-state index in [1.54, 1.807) is 6.11 Å². The maximum absolute atomic E-state index is 10.2. The van der Waals surface area contributed by atoms with E-state index < -0.39 is 6.09 Å². The summed E-state index contributed by atoms with van der Waals surface area (Å²) in [5.41, 5.74) is 0. The third kappa shape index (κ3) is 2.66. The molecule has 3 nitrogen and oxygen atoms in total. The summed E-state index contributed by atoms with van der Waals surface area (Å²) >= 11 is 6.91. The lowest BCUT2D eigenvalue weighted by molar-refractivity contribution is 0.189. The largest absolute Gasteiger partial charge is 0.444 e. The van der Waals surface area contributed by atoms with Gasteiger partial charge in [-0.25, -0.2) is 4.79 Å². The molecule has 0 unspecified atom stereocenters. The third-order valence-corrected chi connectivity index (χ3v) is 0.636. The molecule has 0 aromatic heterocycles. The number of hydrogen-bond donors (Lipinski definition) is 2. The number of carbonyl (C=O) groups excluding carboxylic acids is 1. The molecule has 0 aromatic carbocycles. The van der Waals surface area contributed by atoms with Crippen LogP contribution in [-0.4, -0.2) is 9.80 Å². The van der Waals surface area contributed by atoms with Gasteiger partial charge in [0.1, 0.15) is 6.11 Å². The van der Waals surface area contributed by atoms with E-state index in [4.69, 9.17) is 0 Å². The molecule has 0 fully saturated rings. The molecular formula is C3H3NO2S2. The van der Waals surface area contributed by atoms with E-state index in [1.807, 2.05) is 0 Å². The van der Waals surface area contributed by atoms with Gasteiger partial charge in [0, 0.05) is 0 Å². The lowest BCUT2D eigenvalue weighted by Gasteiger charge is -2.00. The van der Waals surface area contributed by atoms with Crippen molar-refractivity contribution in [3.63, 3.8) is 0 Å². The summed E-state index contributed by atoms with van der Waals surface area (Å²) < 4.78 is 4.60. The first-order valence-corrected chi connectivity index (χ1v) is 2.32. The van der Waals surface area contributed by atoms with Crippen molar-refractivity contribution in [1.29, 1.82) is 0 Å². The molecule has 0 heterocycles. The van der Waals surface area contributed by atoms with Crippen LogP contribution >= 0.6 is 25.6 Å². The Kier molecular flexibility index (Phi) is 3.31. The number of rotatable bonds is 0. The van der Waals surface area contributed by atoms with Gasteiger partial charge < -0.3 is 4.74 Å². The van der Waals surface area contributed by atoms with Crippen molar-refractivity contribution in [1.82, 2.24) is 3.71 Å². The molecule has 1 amide bonds. The SMILES string of the molecule is C#COC(=O)N(S)S. The molecule has 5 heteroatoms. The van der Waals surface area contributed by atoms with Gasteiger partial charge in [-0.1, -0.05) is 6.42 Å². The maximum atomic E-state index is 10.2. The standard InChI is InChI=1S/C3H3NO2S2/c1-2-6-3(5)4(7)8/h1,7-8H. The second kappa shape index (κ2) is 3.52. The van der Waals surface area contributed by atoms with Gasteiger partial charge in [0.15, 0.2) is 0 Å². The van der Waals surface area contributed by atoms with Gasteiger partial charge in [-0.2, -0.15) is 3.71 Å². The quantitative estimate of drug-likeness (QED) is 0.392. The predicted octanol–water partition coefficient (Wildman–Crippen LogP) is 0.705. The number of nitrogens with zero attached hydrogens (tertiary/aromatic N) is 1. The fourth-order valence-electron chi connectivity index (χ4n) is 0.0912. The number of carbonyl (C=O) groups is 1. The number of terminal acetylenes is 1. The maximum Gasteiger partial charge on any atom is 0.444 e. The number of hydrogen-bond acceptors (Lipinski definition) is 4. The van der Waals surface area contributed by atoms with Crippen LogP contribution in [0.15, 0.2) is 0 Å². The van der Waals surface area contributed by atoms with Crippen molar-refractivity contribution < 1.29 is 9.53 Å². The van der Waals surface area contributed by atoms with E-state index in [2.05, 4.69) is 36.8 Å². The summed E-state index contributed by atoms with van der Waals surface area (Å²) in [6, 6.07) is 0. The Morgan fingerprint density at radius 1 is 1.75 bits per heavy atom. The van der Waals surface area contributed by atoms with Crippen LogP contribution in [0.2, 0.25) is 0 Å². The summed E-state index contributed by atoms with van der Waals surface area (Å²) in [6.07, 6.45) is 5.45. The molecular weight excluding hydrogens is 146 g/mol. The van der Waals surface area contributed by atoms with Crippen molar-refractivity contribution >= 4 is 31.7 Å². The van der Waals surface area contributed by atoms with Crippen molar-refractivity contribution in [2.75, 3.05) is 0 Å². The summed E-state index contributed by atoms with van der Waals surface area (Å²) in [4.78, 5) is 10.2. The molecule has 0 saturated carbocycles. The average Bonchev–Trinajstić information content (AvgIpc) is 1.67. The fraction of sp³-hybridized carbons (Fsp3) is 0. The van der Waals surface area contributed by atoms with Gasteiger partial charge in [0.25, 0.3) is 0 Å². The minimum Gasteiger partial charge on any atom is -0.355 e. The Bertz CT molecular complexity index is 128. The Hall–Kier alpha value is -0.470. The minimum atomic E-state index is -0.792. The van der Waals surface area contributed by atoms with Gasteiger partial charge in [-0.05, 0) is 25.6 Å². The molecule has 0 atom stereocenters. The zero-order chi connectivity index (χ0) is 6.57. The first kappa shape index (κ1) is 7.53. The van der Waals surface area contributed by atoms with Gasteiger partial charge in [0.2, 0.25) is 0 Å². The van der Waals surface area contributed by atoms with Crippen LogP contribution in [0.3, 0.4) is 0 Å². The molecule has 0 saturated heterocycles. The molecule has 0 N–H and O–H groups in total. The summed E-state index contributed by atoms with van der Waals surface area (Å²) in [6.45, 7) is 0. The molecule has 0 radical (unpaired) electrons. The monoisotopic (exact) mass is 149 g/mol. The molecule has 0 aliphatic rings. The van der Waals surface area contributed by atoms with E-state index in [9.17, 15) is 4.79 Å². The zero-order valence-electron chi connectivity index (χ0n) is 3.74. The molecule has 0 aliphatic heterocycles. The topological polar surface area (TPSA) is 29.5 Å². The smallest absolute Gasteiger partial charge is 0.355 e. The van der Waals surface area contributed by atoms with E-state index in [0.29, 0.717) is 3.71 Å². The van der Waals surface area contributed by atoms with Gasteiger partial charge in [-0.3, -0.25) is 0 Å². The molecule has 44 valence electrons. The zero-order valence-corrected chi connectivity index (χ0v) is 5.52. The molecule has 0 aliphatic carbocycles. The highest BCUT2D eigenvalue weighted by Gasteiger charge is 2.02.